The Morgan fingerprint density at radius 1 is 1.50 bits per heavy atom. The number of rotatable bonds is 2. The number of ether oxygens (including phenoxy) is 1. The average molecular weight is 293 g/mol. The summed E-state index contributed by atoms with van der Waals surface area (Å²) in [4.78, 5) is 17.6. The van der Waals surface area contributed by atoms with Crippen molar-refractivity contribution in [2.75, 3.05) is 24.6 Å². The first-order valence-electron chi connectivity index (χ1n) is 6.91. The number of aromatic nitrogens is 1. The summed E-state index contributed by atoms with van der Waals surface area (Å²) >= 11 is 1.48. The smallest absolute Gasteiger partial charge is 0.268 e. The third kappa shape index (κ3) is 2.58. The van der Waals surface area contributed by atoms with Crippen LogP contribution in [0.3, 0.4) is 0 Å². The molecule has 1 amide bonds. The van der Waals surface area contributed by atoms with E-state index in [1.807, 2.05) is 0 Å². The fraction of sp³-hybridized carbons (Fsp3) is 0.571. The summed E-state index contributed by atoms with van der Waals surface area (Å²) in [5.74, 6) is -0.463. The minimum atomic E-state index is -0.463. The highest BCUT2D eigenvalue weighted by Crippen LogP contribution is 2.35. The van der Waals surface area contributed by atoms with Gasteiger partial charge in [0.1, 0.15) is 5.69 Å². The van der Waals surface area contributed by atoms with Gasteiger partial charge in [-0.3, -0.25) is 4.79 Å². The molecule has 0 aromatic carbocycles. The second-order valence-electron chi connectivity index (χ2n) is 5.52. The maximum Gasteiger partial charge on any atom is 0.268 e. The first kappa shape index (κ1) is 13.6. The van der Waals surface area contributed by atoms with Crippen molar-refractivity contribution < 1.29 is 9.53 Å². The van der Waals surface area contributed by atoms with Gasteiger partial charge in [0.15, 0.2) is 5.13 Å². The molecule has 3 heterocycles. The summed E-state index contributed by atoms with van der Waals surface area (Å²) in [6, 6.07) is 0. The van der Waals surface area contributed by atoms with Crippen molar-refractivity contribution in [3.05, 3.63) is 22.7 Å². The maximum absolute atomic E-state index is 11.1. The third-order valence-electron chi connectivity index (χ3n) is 4.02. The van der Waals surface area contributed by atoms with Gasteiger partial charge >= 0.3 is 0 Å². The Kier molecular flexibility index (Phi) is 3.52. The Morgan fingerprint density at radius 3 is 2.85 bits per heavy atom. The van der Waals surface area contributed by atoms with E-state index in [1.165, 1.54) is 16.9 Å². The van der Waals surface area contributed by atoms with Crippen LogP contribution in [0.15, 0.2) is 17.0 Å². The Balaban J connectivity index is 1.69. The van der Waals surface area contributed by atoms with Crippen LogP contribution in [-0.4, -0.2) is 36.2 Å². The van der Waals surface area contributed by atoms with Gasteiger partial charge in [-0.25, -0.2) is 4.98 Å². The summed E-state index contributed by atoms with van der Waals surface area (Å²) in [5, 5.41) is 2.61. The number of primary amides is 1. The fourth-order valence-electron chi connectivity index (χ4n) is 2.87. The average Bonchev–Trinajstić information content (AvgIpc) is 2.89. The quantitative estimate of drug-likeness (QED) is 0.846. The number of anilines is 1. The van der Waals surface area contributed by atoms with Gasteiger partial charge in [-0.05, 0) is 26.2 Å². The third-order valence-corrected chi connectivity index (χ3v) is 4.92. The van der Waals surface area contributed by atoms with Crippen LogP contribution < -0.4 is 10.6 Å². The van der Waals surface area contributed by atoms with E-state index >= 15 is 0 Å². The number of nitrogens with zero attached hydrogens (tertiary/aromatic N) is 2. The van der Waals surface area contributed by atoms with E-state index in [0.717, 1.165) is 44.1 Å². The van der Waals surface area contributed by atoms with E-state index < -0.39 is 5.91 Å². The zero-order valence-electron chi connectivity index (χ0n) is 11.6. The molecule has 5 nitrogen and oxygen atoms in total. The number of nitrogens with two attached hydrogens (primary N) is 1. The molecular weight excluding hydrogens is 274 g/mol. The first-order valence-corrected chi connectivity index (χ1v) is 7.79. The van der Waals surface area contributed by atoms with Gasteiger partial charge in [-0.1, -0.05) is 11.6 Å². The minimum Gasteiger partial charge on any atom is -0.370 e. The van der Waals surface area contributed by atoms with Gasteiger partial charge in [0, 0.05) is 18.5 Å². The van der Waals surface area contributed by atoms with Crippen molar-refractivity contribution in [1.82, 2.24) is 4.98 Å². The standard InChI is InChI=1S/C14H19N3O2S/c1-10-2-7-19-14(8-10)3-5-17(6-4-14)13-16-11(9-20-13)12(15)18/h8-9H,2-7H2,1H3,(H2,15,18). The van der Waals surface area contributed by atoms with Gasteiger partial charge in [0.2, 0.25) is 0 Å². The van der Waals surface area contributed by atoms with Gasteiger partial charge in [0.05, 0.1) is 12.2 Å². The van der Waals surface area contributed by atoms with Crippen LogP contribution in [0.1, 0.15) is 36.7 Å². The Bertz CT molecular complexity index is 544. The van der Waals surface area contributed by atoms with Crippen LogP contribution >= 0.6 is 11.3 Å². The molecule has 1 spiro atoms. The molecule has 0 atom stereocenters. The van der Waals surface area contributed by atoms with Gasteiger partial charge in [-0.2, -0.15) is 0 Å². The van der Waals surface area contributed by atoms with Crippen molar-refractivity contribution in [3.63, 3.8) is 0 Å². The molecular formula is C14H19N3O2S. The van der Waals surface area contributed by atoms with E-state index in [9.17, 15) is 4.79 Å². The summed E-state index contributed by atoms with van der Waals surface area (Å²) in [6.45, 7) is 4.80. The number of thiazole rings is 1. The number of amides is 1. The highest BCUT2D eigenvalue weighted by atomic mass is 32.1. The predicted molar refractivity (Wildman–Crippen MR) is 79.1 cm³/mol. The number of carbonyl (C=O) groups is 1. The second-order valence-corrected chi connectivity index (χ2v) is 6.36. The Morgan fingerprint density at radius 2 is 2.25 bits per heavy atom. The molecule has 1 aromatic heterocycles. The zero-order chi connectivity index (χ0) is 14.2. The largest absolute Gasteiger partial charge is 0.370 e. The summed E-state index contributed by atoms with van der Waals surface area (Å²) < 4.78 is 6.01. The highest BCUT2D eigenvalue weighted by Gasteiger charge is 2.36. The zero-order valence-corrected chi connectivity index (χ0v) is 12.4. The van der Waals surface area contributed by atoms with Crippen molar-refractivity contribution in [3.8, 4) is 0 Å². The molecule has 108 valence electrons. The molecule has 2 aliphatic heterocycles. The van der Waals surface area contributed by atoms with E-state index in [1.54, 1.807) is 5.38 Å². The molecule has 0 bridgehead atoms. The van der Waals surface area contributed by atoms with Crippen molar-refractivity contribution in [1.29, 1.82) is 0 Å². The molecule has 1 aromatic rings. The van der Waals surface area contributed by atoms with E-state index in [2.05, 4.69) is 22.9 Å². The topological polar surface area (TPSA) is 68.5 Å². The summed E-state index contributed by atoms with van der Waals surface area (Å²) in [6.07, 6.45) is 5.27. The highest BCUT2D eigenvalue weighted by molar-refractivity contribution is 7.13. The van der Waals surface area contributed by atoms with Crippen LogP contribution in [0, 0.1) is 0 Å². The van der Waals surface area contributed by atoms with Crippen LogP contribution in [0.2, 0.25) is 0 Å². The molecule has 6 heteroatoms. The van der Waals surface area contributed by atoms with E-state index in [0.29, 0.717) is 5.69 Å². The van der Waals surface area contributed by atoms with Gasteiger partial charge in [0.25, 0.3) is 5.91 Å². The number of piperidine rings is 1. The predicted octanol–water partition coefficient (Wildman–Crippen LogP) is 1.95. The Hall–Kier alpha value is -1.40. The van der Waals surface area contributed by atoms with Crippen molar-refractivity contribution >= 4 is 22.4 Å². The van der Waals surface area contributed by atoms with E-state index in [-0.39, 0.29) is 5.60 Å². The molecule has 20 heavy (non-hydrogen) atoms. The molecule has 0 saturated carbocycles. The molecule has 0 aliphatic carbocycles. The van der Waals surface area contributed by atoms with Crippen LogP contribution in [0.5, 0.6) is 0 Å². The van der Waals surface area contributed by atoms with Crippen LogP contribution in [0.4, 0.5) is 5.13 Å². The lowest BCUT2D eigenvalue weighted by molar-refractivity contribution is -0.0325. The van der Waals surface area contributed by atoms with Gasteiger partial charge < -0.3 is 15.4 Å². The molecule has 0 radical (unpaired) electrons. The molecule has 1 fully saturated rings. The lowest BCUT2D eigenvalue weighted by atomic mass is 9.87. The van der Waals surface area contributed by atoms with Crippen molar-refractivity contribution in [2.45, 2.75) is 31.8 Å². The lowest BCUT2D eigenvalue weighted by Crippen LogP contribution is -2.46. The van der Waals surface area contributed by atoms with Gasteiger partial charge in [-0.15, -0.1) is 11.3 Å². The first-order chi connectivity index (χ1) is 9.58. The molecule has 2 aliphatic rings. The van der Waals surface area contributed by atoms with Crippen molar-refractivity contribution in [2.24, 2.45) is 5.73 Å². The second kappa shape index (κ2) is 5.18. The molecule has 1 saturated heterocycles. The van der Waals surface area contributed by atoms with E-state index in [4.69, 9.17) is 10.5 Å². The molecule has 2 N–H and O–H groups in total. The maximum atomic E-state index is 11.1. The number of carbonyl (C=O) groups excluding carboxylic acids is 1. The fourth-order valence-corrected chi connectivity index (χ4v) is 3.73. The van der Waals surface area contributed by atoms with Crippen LogP contribution in [0.25, 0.3) is 0 Å². The summed E-state index contributed by atoms with van der Waals surface area (Å²) in [5.41, 5.74) is 6.94. The normalized spacial score (nSPS) is 21.9. The number of hydrogen-bond donors (Lipinski definition) is 1. The SMILES string of the molecule is CC1=CC2(CCN(c3nc(C(N)=O)cs3)CC2)OCC1. The minimum absolute atomic E-state index is 0.0807. The molecule has 3 rings (SSSR count). The summed E-state index contributed by atoms with van der Waals surface area (Å²) in [7, 11) is 0. The monoisotopic (exact) mass is 293 g/mol. The lowest BCUT2D eigenvalue weighted by Gasteiger charge is -2.42. The molecule has 0 unspecified atom stereocenters. The number of hydrogen-bond acceptors (Lipinski definition) is 5. The Labute approximate surface area is 122 Å². The van der Waals surface area contributed by atoms with Crippen LogP contribution in [-0.2, 0) is 4.74 Å².